The summed E-state index contributed by atoms with van der Waals surface area (Å²) in [5, 5.41) is 13.6. The predicted molar refractivity (Wildman–Crippen MR) is 97.7 cm³/mol. The molecule has 0 saturated carbocycles. The SMILES string of the molecule is Cc1ccc(/C=N\NC(=O)COc2c(C)cc(Br)cc2C)c(O)c1. The molecule has 126 valence electrons. The number of rotatable bonds is 5. The quantitative estimate of drug-likeness (QED) is 0.604. The van der Waals surface area contributed by atoms with Gasteiger partial charge in [-0.2, -0.15) is 5.10 Å². The molecule has 2 rings (SSSR count). The Kier molecular flexibility index (Phi) is 5.98. The number of amides is 1. The summed E-state index contributed by atoms with van der Waals surface area (Å²) in [7, 11) is 0. The highest BCUT2D eigenvalue weighted by atomic mass is 79.9. The number of carbonyl (C=O) groups is 1. The molecule has 0 aliphatic rings. The van der Waals surface area contributed by atoms with E-state index in [1.165, 1.54) is 6.21 Å². The second-order valence-corrected chi connectivity index (χ2v) is 6.43. The molecule has 2 aromatic carbocycles. The molecule has 0 fully saturated rings. The van der Waals surface area contributed by atoms with Gasteiger partial charge in [0, 0.05) is 10.0 Å². The lowest BCUT2D eigenvalue weighted by Gasteiger charge is -2.11. The zero-order chi connectivity index (χ0) is 17.7. The van der Waals surface area contributed by atoms with Crippen LogP contribution in [0.1, 0.15) is 22.3 Å². The topological polar surface area (TPSA) is 70.9 Å². The van der Waals surface area contributed by atoms with Crippen molar-refractivity contribution in [2.24, 2.45) is 5.10 Å². The Morgan fingerprint density at radius 1 is 1.25 bits per heavy atom. The Morgan fingerprint density at radius 2 is 1.92 bits per heavy atom. The van der Waals surface area contributed by atoms with Crippen molar-refractivity contribution in [2.45, 2.75) is 20.8 Å². The molecule has 0 atom stereocenters. The van der Waals surface area contributed by atoms with Crippen LogP contribution in [0.2, 0.25) is 0 Å². The fraction of sp³-hybridized carbons (Fsp3) is 0.222. The zero-order valence-corrected chi connectivity index (χ0v) is 15.3. The van der Waals surface area contributed by atoms with Gasteiger partial charge in [-0.05, 0) is 61.7 Å². The van der Waals surface area contributed by atoms with Crippen LogP contribution in [0.25, 0.3) is 0 Å². The Bertz CT molecular complexity index is 765. The Labute approximate surface area is 149 Å². The van der Waals surface area contributed by atoms with Crippen molar-refractivity contribution < 1.29 is 14.6 Å². The molecule has 0 heterocycles. The van der Waals surface area contributed by atoms with Crippen molar-refractivity contribution in [2.75, 3.05) is 6.61 Å². The fourth-order valence-corrected chi connectivity index (χ4v) is 2.92. The lowest BCUT2D eigenvalue weighted by molar-refractivity contribution is -0.123. The van der Waals surface area contributed by atoms with Gasteiger partial charge < -0.3 is 9.84 Å². The molecular weight excluding hydrogens is 372 g/mol. The molecule has 2 aromatic rings. The minimum atomic E-state index is -0.375. The highest BCUT2D eigenvalue weighted by Gasteiger charge is 2.08. The number of aromatic hydroxyl groups is 1. The molecular formula is C18H19BrN2O3. The summed E-state index contributed by atoms with van der Waals surface area (Å²) in [5.41, 5.74) is 5.75. The smallest absolute Gasteiger partial charge is 0.277 e. The van der Waals surface area contributed by atoms with Crippen LogP contribution in [0, 0.1) is 20.8 Å². The van der Waals surface area contributed by atoms with Crippen LogP contribution in [0.5, 0.6) is 11.5 Å². The first-order valence-corrected chi connectivity index (χ1v) is 8.17. The largest absolute Gasteiger partial charge is 0.507 e. The molecule has 0 bridgehead atoms. The molecule has 0 aliphatic carbocycles. The second-order valence-electron chi connectivity index (χ2n) is 5.51. The van der Waals surface area contributed by atoms with E-state index >= 15 is 0 Å². The Hall–Kier alpha value is -2.34. The number of carbonyl (C=O) groups excluding carboxylic acids is 1. The molecule has 0 aromatic heterocycles. The summed E-state index contributed by atoms with van der Waals surface area (Å²) in [6.45, 7) is 5.58. The summed E-state index contributed by atoms with van der Waals surface area (Å²) in [4.78, 5) is 11.8. The molecule has 24 heavy (non-hydrogen) atoms. The van der Waals surface area contributed by atoms with Gasteiger partial charge in [-0.1, -0.05) is 22.0 Å². The Morgan fingerprint density at radius 3 is 2.54 bits per heavy atom. The monoisotopic (exact) mass is 390 g/mol. The first-order valence-electron chi connectivity index (χ1n) is 7.38. The van der Waals surface area contributed by atoms with Crippen LogP contribution >= 0.6 is 15.9 Å². The fourth-order valence-electron chi connectivity index (χ4n) is 2.23. The number of nitrogens with zero attached hydrogens (tertiary/aromatic N) is 1. The number of hydrazone groups is 1. The van der Waals surface area contributed by atoms with Gasteiger partial charge >= 0.3 is 0 Å². The van der Waals surface area contributed by atoms with Gasteiger partial charge in [0.1, 0.15) is 11.5 Å². The average molecular weight is 391 g/mol. The normalized spacial score (nSPS) is 10.8. The van der Waals surface area contributed by atoms with Crippen LogP contribution in [-0.2, 0) is 4.79 Å². The van der Waals surface area contributed by atoms with E-state index in [2.05, 4.69) is 26.5 Å². The zero-order valence-electron chi connectivity index (χ0n) is 13.8. The van der Waals surface area contributed by atoms with Crippen LogP contribution in [0.15, 0.2) is 39.9 Å². The number of hydrogen-bond acceptors (Lipinski definition) is 4. The number of ether oxygens (including phenoxy) is 1. The van der Waals surface area contributed by atoms with E-state index in [1.807, 2.05) is 39.0 Å². The van der Waals surface area contributed by atoms with Gasteiger partial charge in [0.15, 0.2) is 6.61 Å². The third-order valence-corrected chi connectivity index (χ3v) is 3.81. The lowest BCUT2D eigenvalue weighted by atomic mass is 10.1. The maximum absolute atomic E-state index is 11.8. The van der Waals surface area contributed by atoms with Crippen LogP contribution < -0.4 is 10.2 Å². The maximum atomic E-state index is 11.8. The number of aryl methyl sites for hydroxylation is 3. The van der Waals surface area contributed by atoms with Gasteiger partial charge in [0.05, 0.1) is 6.21 Å². The van der Waals surface area contributed by atoms with E-state index in [0.29, 0.717) is 11.3 Å². The first-order chi connectivity index (χ1) is 11.4. The molecule has 0 unspecified atom stereocenters. The second kappa shape index (κ2) is 7.97. The summed E-state index contributed by atoms with van der Waals surface area (Å²) in [6.07, 6.45) is 1.39. The highest BCUT2D eigenvalue weighted by molar-refractivity contribution is 9.10. The third-order valence-electron chi connectivity index (χ3n) is 3.35. The number of phenolic OH excluding ortho intramolecular Hbond substituents is 1. The van der Waals surface area contributed by atoms with Crippen molar-refractivity contribution in [3.63, 3.8) is 0 Å². The average Bonchev–Trinajstić information content (AvgIpc) is 2.48. The van der Waals surface area contributed by atoms with Crippen molar-refractivity contribution in [1.29, 1.82) is 0 Å². The van der Waals surface area contributed by atoms with Gasteiger partial charge in [0.25, 0.3) is 5.91 Å². The molecule has 0 saturated heterocycles. The predicted octanol–water partition coefficient (Wildman–Crippen LogP) is 3.61. The van der Waals surface area contributed by atoms with E-state index in [0.717, 1.165) is 21.2 Å². The molecule has 0 radical (unpaired) electrons. The summed E-state index contributed by atoms with van der Waals surface area (Å²) >= 11 is 3.42. The van der Waals surface area contributed by atoms with Gasteiger partial charge in [-0.15, -0.1) is 0 Å². The minimum absolute atomic E-state index is 0.116. The molecule has 6 heteroatoms. The number of phenols is 1. The van der Waals surface area contributed by atoms with E-state index in [-0.39, 0.29) is 18.3 Å². The molecule has 5 nitrogen and oxygen atoms in total. The van der Waals surface area contributed by atoms with Crippen LogP contribution in [0.3, 0.4) is 0 Å². The number of nitrogens with one attached hydrogen (secondary N) is 1. The van der Waals surface area contributed by atoms with Crippen molar-refractivity contribution in [3.05, 3.63) is 57.1 Å². The molecule has 2 N–H and O–H groups in total. The van der Waals surface area contributed by atoms with Gasteiger partial charge in [-0.3, -0.25) is 4.79 Å². The van der Waals surface area contributed by atoms with E-state index in [1.54, 1.807) is 12.1 Å². The summed E-state index contributed by atoms with van der Waals surface area (Å²) < 4.78 is 6.54. The molecule has 0 spiro atoms. The van der Waals surface area contributed by atoms with E-state index in [4.69, 9.17) is 4.74 Å². The third kappa shape index (κ3) is 4.83. The summed E-state index contributed by atoms with van der Waals surface area (Å²) in [6, 6.07) is 9.07. The molecule has 1 amide bonds. The highest BCUT2D eigenvalue weighted by Crippen LogP contribution is 2.27. The van der Waals surface area contributed by atoms with Crippen molar-refractivity contribution >= 4 is 28.1 Å². The first kappa shape index (κ1) is 18.0. The number of hydrogen-bond donors (Lipinski definition) is 2. The van der Waals surface area contributed by atoms with Crippen molar-refractivity contribution in [3.8, 4) is 11.5 Å². The number of benzene rings is 2. The van der Waals surface area contributed by atoms with E-state index < -0.39 is 0 Å². The Balaban J connectivity index is 1.91. The number of halogens is 1. The van der Waals surface area contributed by atoms with Crippen molar-refractivity contribution in [1.82, 2.24) is 5.43 Å². The lowest BCUT2D eigenvalue weighted by Crippen LogP contribution is -2.25. The molecule has 0 aliphatic heterocycles. The maximum Gasteiger partial charge on any atom is 0.277 e. The van der Waals surface area contributed by atoms with Crippen LogP contribution in [-0.4, -0.2) is 23.8 Å². The van der Waals surface area contributed by atoms with Gasteiger partial charge in [-0.25, -0.2) is 5.43 Å². The van der Waals surface area contributed by atoms with Crippen LogP contribution in [0.4, 0.5) is 0 Å². The summed E-state index contributed by atoms with van der Waals surface area (Å²) in [5.74, 6) is 0.429. The van der Waals surface area contributed by atoms with E-state index in [9.17, 15) is 9.90 Å². The minimum Gasteiger partial charge on any atom is -0.507 e. The van der Waals surface area contributed by atoms with Gasteiger partial charge in [0.2, 0.25) is 0 Å². The standard InChI is InChI=1S/C18H19BrN2O3/c1-11-4-5-14(16(22)6-11)9-20-21-17(23)10-24-18-12(2)7-15(19)8-13(18)3/h4-9,22H,10H2,1-3H3,(H,21,23)/b20-9-.